The molecule has 0 aliphatic heterocycles. The smallest absolute Gasteiger partial charge is 0.254 e. The first-order valence-corrected chi connectivity index (χ1v) is 10.0. The minimum atomic E-state index is -0.806. The van der Waals surface area contributed by atoms with Crippen LogP contribution in [0.15, 0.2) is 61.1 Å². The van der Waals surface area contributed by atoms with Crippen molar-refractivity contribution in [1.29, 1.82) is 0 Å². The third kappa shape index (κ3) is 4.59. The number of carbonyl (C=O) groups is 1. The maximum absolute atomic E-state index is 13.3. The number of carbonyl (C=O) groups excluding carboxylic acids is 1. The highest BCUT2D eigenvalue weighted by molar-refractivity contribution is 6.04. The van der Waals surface area contributed by atoms with Crippen molar-refractivity contribution in [3.8, 4) is 17.0 Å². The van der Waals surface area contributed by atoms with E-state index in [1.165, 1.54) is 30.7 Å². The van der Waals surface area contributed by atoms with Crippen molar-refractivity contribution < 1.29 is 13.9 Å². The van der Waals surface area contributed by atoms with E-state index in [1.54, 1.807) is 30.3 Å². The van der Waals surface area contributed by atoms with E-state index in [4.69, 9.17) is 16.2 Å². The van der Waals surface area contributed by atoms with Crippen molar-refractivity contribution in [1.82, 2.24) is 20.2 Å². The Morgan fingerprint density at radius 1 is 1.15 bits per heavy atom. The number of aromatic nitrogens is 4. The van der Waals surface area contributed by atoms with E-state index in [-0.39, 0.29) is 17.2 Å². The summed E-state index contributed by atoms with van der Waals surface area (Å²) in [5.41, 5.74) is 13.3. The number of nitrogen functional groups attached to an aromatic ring is 1. The Morgan fingerprint density at radius 3 is 2.58 bits per heavy atom. The summed E-state index contributed by atoms with van der Waals surface area (Å²) < 4.78 is 19.5. The number of nitrogens with zero attached hydrogens (tertiary/aromatic N) is 3. The molecule has 0 saturated carbocycles. The Morgan fingerprint density at radius 2 is 1.91 bits per heavy atom. The highest BCUT2D eigenvalue weighted by Crippen LogP contribution is 2.36. The van der Waals surface area contributed by atoms with Gasteiger partial charge in [0.15, 0.2) is 5.82 Å². The molecule has 1 amide bonds. The number of halogens is 1. The van der Waals surface area contributed by atoms with Crippen molar-refractivity contribution in [3.63, 3.8) is 0 Å². The van der Waals surface area contributed by atoms with Crippen molar-refractivity contribution in [2.75, 3.05) is 11.1 Å². The summed E-state index contributed by atoms with van der Waals surface area (Å²) in [5, 5.41) is 9.95. The molecule has 0 aliphatic rings. The molecule has 6 N–H and O–H groups in total. The van der Waals surface area contributed by atoms with Crippen LogP contribution in [0.5, 0.6) is 5.75 Å². The van der Waals surface area contributed by atoms with Gasteiger partial charge in [0, 0.05) is 18.0 Å². The second-order valence-corrected chi connectivity index (χ2v) is 7.77. The molecule has 0 bridgehead atoms. The molecule has 9 nitrogen and oxygen atoms in total. The standard InChI is InChI=1S/C23H22FN7O2/c1-23(2,14-4-6-15(24)7-5-14)33-17-11-13(3-8-16(17)25)20-19(21(26)32)22(31-30-20)29-18-12-27-9-10-28-18/h3-12H,25H2,1-2H3,(H2,26,32)(H2,28,29,30,31). The van der Waals surface area contributed by atoms with Gasteiger partial charge in [0.1, 0.15) is 28.5 Å². The molecule has 0 fully saturated rings. The van der Waals surface area contributed by atoms with Crippen LogP contribution in [0.4, 0.5) is 21.7 Å². The molecule has 10 heteroatoms. The quantitative estimate of drug-likeness (QED) is 0.316. The van der Waals surface area contributed by atoms with Gasteiger partial charge >= 0.3 is 0 Å². The second-order valence-electron chi connectivity index (χ2n) is 7.77. The summed E-state index contributed by atoms with van der Waals surface area (Å²) in [6.45, 7) is 3.70. The molecule has 0 saturated heterocycles. The maximum Gasteiger partial charge on any atom is 0.254 e. The van der Waals surface area contributed by atoms with Crippen molar-refractivity contribution in [3.05, 3.63) is 78.0 Å². The predicted octanol–water partition coefficient (Wildman–Crippen LogP) is 3.74. The molecule has 2 heterocycles. The number of nitrogens with two attached hydrogens (primary N) is 2. The number of benzene rings is 2. The molecule has 2 aromatic heterocycles. The van der Waals surface area contributed by atoms with E-state index in [2.05, 4.69) is 25.5 Å². The number of ether oxygens (including phenoxy) is 1. The molecule has 0 spiro atoms. The van der Waals surface area contributed by atoms with E-state index in [1.807, 2.05) is 13.8 Å². The molecular formula is C23H22FN7O2. The SMILES string of the molecule is CC(C)(Oc1cc(-c2[nH]nc(Nc3cnccn3)c2C(N)=O)ccc1N)c1ccc(F)cc1. The normalized spacial score (nSPS) is 11.2. The first-order chi connectivity index (χ1) is 15.7. The first kappa shape index (κ1) is 21.8. The topological polar surface area (TPSA) is 145 Å². The van der Waals surface area contributed by atoms with Gasteiger partial charge in [-0.25, -0.2) is 9.37 Å². The third-order valence-electron chi connectivity index (χ3n) is 5.03. The lowest BCUT2D eigenvalue weighted by molar-refractivity contribution is 0.100. The largest absolute Gasteiger partial charge is 0.481 e. The molecule has 0 aliphatic carbocycles. The zero-order valence-electron chi connectivity index (χ0n) is 18.0. The second kappa shape index (κ2) is 8.58. The van der Waals surface area contributed by atoms with Crippen LogP contribution in [-0.4, -0.2) is 26.1 Å². The van der Waals surface area contributed by atoms with Gasteiger partial charge in [0.2, 0.25) is 0 Å². The summed E-state index contributed by atoms with van der Waals surface area (Å²) in [6, 6.07) is 11.1. The summed E-state index contributed by atoms with van der Waals surface area (Å²) in [5.74, 6) is -0.0177. The highest BCUT2D eigenvalue weighted by Gasteiger charge is 2.25. The van der Waals surface area contributed by atoms with Gasteiger partial charge in [-0.15, -0.1) is 0 Å². The van der Waals surface area contributed by atoms with Gasteiger partial charge in [-0.05, 0) is 43.7 Å². The fourth-order valence-corrected chi connectivity index (χ4v) is 3.33. The average Bonchev–Trinajstić information content (AvgIpc) is 3.20. The number of hydrogen-bond acceptors (Lipinski definition) is 7. The van der Waals surface area contributed by atoms with Crippen LogP contribution in [0, 0.1) is 5.82 Å². The van der Waals surface area contributed by atoms with Crippen molar-refractivity contribution in [2.45, 2.75) is 19.4 Å². The number of aromatic amines is 1. The number of nitrogens with one attached hydrogen (secondary N) is 2. The minimum Gasteiger partial charge on any atom is -0.481 e. The Balaban J connectivity index is 1.69. The monoisotopic (exact) mass is 447 g/mol. The fourth-order valence-electron chi connectivity index (χ4n) is 3.33. The zero-order chi connectivity index (χ0) is 23.6. The van der Waals surface area contributed by atoms with Crippen LogP contribution in [0.25, 0.3) is 11.3 Å². The molecule has 4 rings (SSSR count). The van der Waals surface area contributed by atoms with Crippen LogP contribution in [0.1, 0.15) is 29.8 Å². The molecule has 0 unspecified atom stereocenters. The minimum absolute atomic E-state index is 0.147. The Labute approximate surface area is 189 Å². The molecule has 4 aromatic rings. The van der Waals surface area contributed by atoms with Gasteiger partial charge in [-0.2, -0.15) is 5.10 Å². The zero-order valence-corrected chi connectivity index (χ0v) is 18.0. The molecule has 33 heavy (non-hydrogen) atoms. The van der Waals surface area contributed by atoms with Gasteiger partial charge in [0.05, 0.1) is 17.6 Å². The summed E-state index contributed by atoms with van der Waals surface area (Å²) in [4.78, 5) is 20.4. The third-order valence-corrected chi connectivity index (χ3v) is 5.03. The molecule has 0 radical (unpaired) electrons. The lowest BCUT2D eigenvalue weighted by Gasteiger charge is -2.28. The van der Waals surface area contributed by atoms with Gasteiger partial charge in [0.25, 0.3) is 5.91 Å². The van der Waals surface area contributed by atoms with Crippen LogP contribution in [0.2, 0.25) is 0 Å². The highest BCUT2D eigenvalue weighted by atomic mass is 19.1. The van der Waals surface area contributed by atoms with E-state index < -0.39 is 11.5 Å². The number of anilines is 3. The Hall–Kier alpha value is -4.47. The van der Waals surface area contributed by atoms with Crippen molar-refractivity contribution in [2.24, 2.45) is 5.73 Å². The maximum atomic E-state index is 13.3. The number of hydrogen-bond donors (Lipinski definition) is 4. The number of H-pyrrole nitrogens is 1. The number of rotatable bonds is 7. The Kier molecular flexibility index (Phi) is 5.65. The van der Waals surface area contributed by atoms with Gasteiger partial charge in [-0.3, -0.25) is 14.9 Å². The Bertz CT molecular complexity index is 1290. The van der Waals surface area contributed by atoms with Crippen molar-refractivity contribution >= 4 is 23.2 Å². The molecule has 2 aromatic carbocycles. The fraction of sp³-hybridized carbons (Fsp3) is 0.130. The first-order valence-electron chi connectivity index (χ1n) is 10.0. The van der Waals surface area contributed by atoms with Gasteiger partial charge < -0.3 is 21.5 Å². The van der Waals surface area contributed by atoms with Crippen LogP contribution in [-0.2, 0) is 5.60 Å². The van der Waals surface area contributed by atoms with E-state index >= 15 is 0 Å². The number of primary amides is 1. The summed E-state index contributed by atoms with van der Waals surface area (Å²) >= 11 is 0. The summed E-state index contributed by atoms with van der Waals surface area (Å²) in [6.07, 6.45) is 4.53. The van der Waals surface area contributed by atoms with E-state index in [0.717, 1.165) is 5.56 Å². The lowest BCUT2D eigenvalue weighted by Crippen LogP contribution is -2.25. The average molecular weight is 447 g/mol. The lowest BCUT2D eigenvalue weighted by atomic mass is 9.97. The molecule has 168 valence electrons. The molecular weight excluding hydrogens is 425 g/mol. The summed E-state index contributed by atoms with van der Waals surface area (Å²) in [7, 11) is 0. The van der Waals surface area contributed by atoms with Crippen LogP contribution < -0.4 is 21.5 Å². The van der Waals surface area contributed by atoms with Gasteiger partial charge in [-0.1, -0.05) is 18.2 Å². The van der Waals surface area contributed by atoms with E-state index in [9.17, 15) is 9.18 Å². The van der Waals surface area contributed by atoms with Crippen LogP contribution >= 0.6 is 0 Å². The number of amides is 1. The molecule has 0 atom stereocenters. The van der Waals surface area contributed by atoms with E-state index in [0.29, 0.717) is 28.5 Å². The van der Waals surface area contributed by atoms with Crippen LogP contribution in [0.3, 0.4) is 0 Å². The predicted molar refractivity (Wildman–Crippen MR) is 122 cm³/mol.